The van der Waals surface area contributed by atoms with Gasteiger partial charge in [0, 0.05) is 12.7 Å². The van der Waals surface area contributed by atoms with Crippen LogP contribution in [0.2, 0.25) is 0 Å². The van der Waals surface area contributed by atoms with Crippen molar-refractivity contribution in [3.05, 3.63) is 18.6 Å². The molecule has 0 spiro atoms. The summed E-state index contributed by atoms with van der Waals surface area (Å²) in [7, 11) is 0. The highest BCUT2D eigenvalue weighted by Crippen LogP contribution is 2.18. The van der Waals surface area contributed by atoms with Crippen molar-refractivity contribution in [3.8, 4) is 0 Å². The molecule has 0 bridgehead atoms. The van der Waals surface area contributed by atoms with Crippen LogP contribution >= 0.6 is 11.6 Å². The zero-order chi connectivity index (χ0) is 11.1. The highest BCUT2D eigenvalue weighted by Gasteiger charge is 2.15. The fourth-order valence-electron chi connectivity index (χ4n) is 1.56. The summed E-state index contributed by atoms with van der Waals surface area (Å²) in [5.74, 6) is 1.41. The predicted octanol–water partition coefficient (Wildman–Crippen LogP) is 2.93. The van der Waals surface area contributed by atoms with Crippen molar-refractivity contribution in [2.24, 2.45) is 5.92 Å². The smallest absolute Gasteiger partial charge is 0.129 e. The third kappa shape index (κ3) is 4.04. The van der Waals surface area contributed by atoms with Crippen molar-refractivity contribution in [3.63, 3.8) is 0 Å². The molecular formula is C11H18ClN3. The van der Waals surface area contributed by atoms with Crippen LogP contribution in [0, 0.1) is 5.92 Å². The molecule has 1 N–H and O–H groups in total. The van der Waals surface area contributed by atoms with Gasteiger partial charge in [0.25, 0.3) is 0 Å². The molecule has 0 amide bonds. The van der Waals surface area contributed by atoms with E-state index in [0.29, 0.717) is 5.92 Å². The van der Waals surface area contributed by atoms with Crippen LogP contribution in [0.3, 0.4) is 0 Å². The molecule has 0 saturated carbocycles. The van der Waals surface area contributed by atoms with Crippen molar-refractivity contribution in [1.29, 1.82) is 0 Å². The summed E-state index contributed by atoms with van der Waals surface area (Å²) in [6, 6.07) is 1.84. The molecule has 0 aliphatic rings. The SMILES string of the molecule is CCC(CC)C(Cl)CNc1ccncn1. The number of hydrogen-bond acceptors (Lipinski definition) is 3. The van der Waals surface area contributed by atoms with E-state index in [-0.39, 0.29) is 5.38 Å². The Hall–Kier alpha value is -0.830. The van der Waals surface area contributed by atoms with Gasteiger partial charge in [-0.3, -0.25) is 0 Å². The van der Waals surface area contributed by atoms with E-state index in [1.807, 2.05) is 6.07 Å². The largest absolute Gasteiger partial charge is 0.368 e. The number of aromatic nitrogens is 2. The second kappa shape index (κ2) is 6.62. The van der Waals surface area contributed by atoms with Crippen LogP contribution in [0.15, 0.2) is 18.6 Å². The third-order valence-corrected chi connectivity index (χ3v) is 3.13. The average molecular weight is 228 g/mol. The summed E-state index contributed by atoms with van der Waals surface area (Å²) in [5, 5.41) is 3.37. The molecule has 0 radical (unpaired) electrons. The van der Waals surface area contributed by atoms with Crippen LogP contribution in [0.25, 0.3) is 0 Å². The number of alkyl halides is 1. The third-order valence-electron chi connectivity index (χ3n) is 2.62. The van der Waals surface area contributed by atoms with Gasteiger partial charge >= 0.3 is 0 Å². The molecule has 0 fully saturated rings. The zero-order valence-electron chi connectivity index (χ0n) is 9.28. The van der Waals surface area contributed by atoms with E-state index in [1.165, 1.54) is 6.33 Å². The molecular weight excluding hydrogens is 210 g/mol. The van der Waals surface area contributed by atoms with Crippen LogP contribution in [-0.4, -0.2) is 21.9 Å². The number of rotatable bonds is 6. The maximum atomic E-state index is 6.29. The van der Waals surface area contributed by atoms with Gasteiger partial charge in [-0.25, -0.2) is 9.97 Å². The first kappa shape index (κ1) is 12.2. The molecule has 0 aromatic carbocycles. The fourth-order valence-corrected chi connectivity index (χ4v) is 2.00. The van der Waals surface area contributed by atoms with E-state index in [9.17, 15) is 0 Å². The van der Waals surface area contributed by atoms with Crippen LogP contribution < -0.4 is 5.32 Å². The molecule has 1 rings (SSSR count). The lowest BCUT2D eigenvalue weighted by Gasteiger charge is -2.19. The monoisotopic (exact) mass is 227 g/mol. The minimum Gasteiger partial charge on any atom is -0.368 e. The van der Waals surface area contributed by atoms with Gasteiger partial charge in [0.1, 0.15) is 12.1 Å². The van der Waals surface area contributed by atoms with Gasteiger partial charge in [-0.2, -0.15) is 0 Å². The van der Waals surface area contributed by atoms with E-state index in [0.717, 1.165) is 25.2 Å². The number of nitrogens with zero attached hydrogens (tertiary/aromatic N) is 2. The fraction of sp³-hybridized carbons (Fsp3) is 0.636. The van der Waals surface area contributed by atoms with Gasteiger partial charge in [0.15, 0.2) is 0 Å². The first-order valence-corrected chi connectivity index (χ1v) is 5.85. The molecule has 1 atom stereocenters. The summed E-state index contributed by atoms with van der Waals surface area (Å²) < 4.78 is 0. The summed E-state index contributed by atoms with van der Waals surface area (Å²) >= 11 is 6.29. The standard InChI is InChI=1S/C11H18ClN3/c1-3-9(4-2)10(12)7-14-11-5-6-13-8-15-11/h5-6,8-10H,3-4,7H2,1-2H3,(H,13,14,15). The molecule has 0 saturated heterocycles. The predicted molar refractivity (Wildman–Crippen MR) is 64.2 cm³/mol. The Morgan fingerprint density at radius 1 is 1.40 bits per heavy atom. The minimum atomic E-state index is 0.162. The molecule has 1 unspecified atom stereocenters. The zero-order valence-corrected chi connectivity index (χ0v) is 10.0. The van der Waals surface area contributed by atoms with E-state index in [2.05, 4.69) is 29.1 Å². The molecule has 15 heavy (non-hydrogen) atoms. The lowest BCUT2D eigenvalue weighted by Crippen LogP contribution is -2.23. The normalized spacial score (nSPS) is 12.8. The van der Waals surface area contributed by atoms with Crippen molar-refractivity contribution in [2.45, 2.75) is 32.1 Å². The second-order valence-electron chi connectivity index (χ2n) is 3.57. The summed E-state index contributed by atoms with van der Waals surface area (Å²) in [6.45, 7) is 5.10. The first-order chi connectivity index (χ1) is 7.27. The number of halogens is 1. The van der Waals surface area contributed by atoms with Crippen molar-refractivity contribution < 1.29 is 0 Å². The van der Waals surface area contributed by atoms with Gasteiger partial charge in [0.2, 0.25) is 0 Å². The van der Waals surface area contributed by atoms with Crippen molar-refractivity contribution in [2.75, 3.05) is 11.9 Å². The molecule has 4 heteroatoms. The van der Waals surface area contributed by atoms with E-state index in [4.69, 9.17) is 11.6 Å². The van der Waals surface area contributed by atoms with Crippen molar-refractivity contribution in [1.82, 2.24) is 9.97 Å². The van der Waals surface area contributed by atoms with Crippen molar-refractivity contribution >= 4 is 17.4 Å². The Bertz CT molecular complexity index is 262. The quantitative estimate of drug-likeness (QED) is 0.760. The highest BCUT2D eigenvalue weighted by atomic mass is 35.5. The van der Waals surface area contributed by atoms with Gasteiger partial charge in [-0.1, -0.05) is 26.7 Å². The van der Waals surface area contributed by atoms with Crippen LogP contribution in [-0.2, 0) is 0 Å². The van der Waals surface area contributed by atoms with Gasteiger partial charge < -0.3 is 5.32 Å². The molecule has 1 aromatic heterocycles. The molecule has 1 heterocycles. The first-order valence-electron chi connectivity index (χ1n) is 5.41. The molecule has 84 valence electrons. The Kier molecular flexibility index (Phi) is 5.40. The average Bonchev–Trinajstić information content (AvgIpc) is 2.29. The summed E-state index contributed by atoms with van der Waals surface area (Å²) in [4.78, 5) is 7.94. The second-order valence-corrected chi connectivity index (χ2v) is 4.13. The lowest BCUT2D eigenvalue weighted by molar-refractivity contribution is 0.475. The maximum Gasteiger partial charge on any atom is 0.129 e. The molecule has 0 aliphatic heterocycles. The Labute approximate surface area is 96.3 Å². The lowest BCUT2D eigenvalue weighted by atomic mass is 9.99. The number of anilines is 1. The Balaban J connectivity index is 2.36. The molecule has 1 aromatic rings. The van der Waals surface area contributed by atoms with Crippen LogP contribution in [0.4, 0.5) is 5.82 Å². The van der Waals surface area contributed by atoms with E-state index in [1.54, 1.807) is 6.20 Å². The molecule has 3 nitrogen and oxygen atoms in total. The van der Waals surface area contributed by atoms with Gasteiger partial charge in [-0.15, -0.1) is 11.6 Å². The Morgan fingerprint density at radius 2 is 2.13 bits per heavy atom. The summed E-state index contributed by atoms with van der Waals surface area (Å²) in [6.07, 6.45) is 5.49. The van der Waals surface area contributed by atoms with E-state index < -0.39 is 0 Å². The Morgan fingerprint density at radius 3 is 2.67 bits per heavy atom. The summed E-state index contributed by atoms with van der Waals surface area (Å²) in [5.41, 5.74) is 0. The minimum absolute atomic E-state index is 0.162. The van der Waals surface area contributed by atoms with Gasteiger partial charge in [0.05, 0.1) is 5.38 Å². The number of hydrogen-bond donors (Lipinski definition) is 1. The number of nitrogens with one attached hydrogen (secondary N) is 1. The van der Waals surface area contributed by atoms with Gasteiger partial charge in [-0.05, 0) is 12.0 Å². The highest BCUT2D eigenvalue weighted by molar-refractivity contribution is 6.21. The van der Waals surface area contributed by atoms with Crippen LogP contribution in [0.5, 0.6) is 0 Å². The maximum absolute atomic E-state index is 6.29. The molecule has 0 aliphatic carbocycles. The van der Waals surface area contributed by atoms with E-state index >= 15 is 0 Å². The topological polar surface area (TPSA) is 37.8 Å². The van der Waals surface area contributed by atoms with Crippen LogP contribution in [0.1, 0.15) is 26.7 Å².